The molecule has 5 nitrogen and oxygen atoms in total. The molecule has 0 aromatic rings. The average molecular weight is 295 g/mol. The van der Waals surface area contributed by atoms with Gasteiger partial charge in [-0.2, -0.15) is 0 Å². The minimum absolute atomic E-state index is 0. The zero-order valence-electron chi connectivity index (χ0n) is 11.9. The van der Waals surface area contributed by atoms with Gasteiger partial charge < -0.3 is 20.5 Å². The van der Waals surface area contributed by atoms with Gasteiger partial charge in [0.1, 0.15) is 0 Å². The highest BCUT2D eigenvalue weighted by molar-refractivity contribution is 5.85. The van der Waals surface area contributed by atoms with Crippen molar-refractivity contribution in [1.82, 2.24) is 5.32 Å². The fourth-order valence-corrected chi connectivity index (χ4v) is 1.80. The highest BCUT2D eigenvalue weighted by atomic mass is 35.5. The Bertz CT molecular complexity index is 246. The molecule has 19 heavy (non-hydrogen) atoms. The minimum atomic E-state index is -0.415. The molecule has 1 aliphatic heterocycles. The van der Waals surface area contributed by atoms with E-state index in [0.29, 0.717) is 19.3 Å². The molecule has 1 saturated heterocycles. The number of nitrogens with one attached hydrogen (secondary N) is 1. The molecule has 1 atom stereocenters. The fourth-order valence-electron chi connectivity index (χ4n) is 1.80. The zero-order chi connectivity index (χ0) is 13.4. The number of hydrogen-bond donors (Lipinski definition) is 2. The lowest BCUT2D eigenvalue weighted by Crippen LogP contribution is -2.44. The molecule has 0 aromatic carbocycles. The Morgan fingerprint density at radius 1 is 1.42 bits per heavy atom. The smallest absolute Gasteiger partial charge is 0.237 e. The molecule has 1 heterocycles. The van der Waals surface area contributed by atoms with Crippen LogP contribution < -0.4 is 11.1 Å². The second-order valence-electron chi connectivity index (χ2n) is 5.10. The molecular formula is C13H27ClN2O3. The van der Waals surface area contributed by atoms with Crippen molar-refractivity contribution in [3.8, 4) is 0 Å². The van der Waals surface area contributed by atoms with Crippen molar-refractivity contribution in [1.29, 1.82) is 0 Å². The summed E-state index contributed by atoms with van der Waals surface area (Å²) in [5.74, 6) is 0.0968. The summed E-state index contributed by atoms with van der Waals surface area (Å²) in [6.07, 6.45) is 3.11. The van der Waals surface area contributed by atoms with Crippen LogP contribution in [0.2, 0.25) is 0 Å². The molecule has 0 unspecified atom stereocenters. The summed E-state index contributed by atoms with van der Waals surface area (Å²) >= 11 is 0. The minimum Gasteiger partial charge on any atom is -0.381 e. The maximum atomic E-state index is 11.6. The number of nitrogens with two attached hydrogens (primary N) is 1. The second kappa shape index (κ2) is 10.4. The van der Waals surface area contributed by atoms with Crippen molar-refractivity contribution in [2.45, 2.75) is 45.3 Å². The molecule has 0 spiro atoms. The maximum absolute atomic E-state index is 11.6. The van der Waals surface area contributed by atoms with E-state index in [1.807, 2.05) is 13.8 Å². The maximum Gasteiger partial charge on any atom is 0.237 e. The molecule has 0 saturated carbocycles. The van der Waals surface area contributed by atoms with Gasteiger partial charge in [-0.1, -0.05) is 13.8 Å². The summed E-state index contributed by atoms with van der Waals surface area (Å²) in [5.41, 5.74) is 5.73. The number of ether oxygens (including phenoxy) is 2. The molecule has 0 radical (unpaired) electrons. The van der Waals surface area contributed by atoms with Crippen molar-refractivity contribution in [2.75, 3.05) is 26.4 Å². The Balaban J connectivity index is 0.00000324. The second-order valence-corrected chi connectivity index (χ2v) is 5.10. The van der Waals surface area contributed by atoms with Crippen LogP contribution in [-0.2, 0) is 14.3 Å². The molecule has 0 bridgehead atoms. The molecule has 1 fully saturated rings. The first kappa shape index (κ1) is 18.6. The van der Waals surface area contributed by atoms with Crippen LogP contribution in [0.25, 0.3) is 0 Å². The predicted octanol–water partition coefficient (Wildman–Crippen LogP) is 1.09. The van der Waals surface area contributed by atoms with Gasteiger partial charge in [0.15, 0.2) is 0 Å². The molecule has 114 valence electrons. The quantitative estimate of drug-likeness (QED) is 0.690. The monoisotopic (exact) mass is 294 g/mol. The zero-order valence-corrected chi connectivity index (χ0v) is 12.7. The summed E-state index contributed by atoms with van der Waals surface area (Å²) in [5, 5.41) is 2.83. The third-order valence-electron chi connectivity index (χ3n) is 3.16. The Morgan fingerprint density at radius 3 is 2.63 bits per heavy atom. The number of carbonyl (C=O) groups excluding carboxylic acids is 1. The molecule has 1 rings (SSSR count). The molecule has 1 aliphatic rings. The summed E-state index contributed by atoms with van der Waals surface area (Å²) in [6, 6.07) is -0.415. The van der Waals surface area contributed by atoms with Crippen molar-refractivity contribution in [3.63, 3.8) is 0 Å². The van der Waals surface area contributed by atoms with Crippen LogP contribution in [0.3, 0.4) is 0 Å². The lowest BCUT2D eigenvalue weighted by atomic mass is 10.1. The van der Waals surface area contributed by atoms with Crippen LogP contribution in [0.4, 0.5) is 0 Å². The summed E-state index contributed by atoms with van der Waals surface area (Å²) in [6.45, 7) is 6.79. The third-order valence-corrected chi connectivity index (χ3v) is 3.16. The van der Waals surface area contributed by atoms with Gasteiger partial charge in [0.25, 0.3) is 0 Å². The van der Waals surface area contributed by atoms with Crippen molar-refractivity contribution in [3.05, 3.63) is 0 Å². The van der Waals surface area contributed by atoms with E-state index in [0.717, 1.165) is 32.5 Å². The number of amides is 1. The van der Waals surface area contributed by atoms with Crippen LogP contribution in [0, 0.1) is 5.92 Å². The lowest BCUT2D eigenvalue weighted by Gasteiger charge is -2.22. The Labute approximate surface area is 122 Å². The van der Waals surface area contributed by atoms with E-state index in [1.165, 1.54) is 0 Å². The summed E-state index contributed by atoms with van der Waals surface area (Å²) in [4.78, 5) is 11.6. The van der Waals surface area contributed by atoms with Gasteiger partial charge >= 0.3 is 0 Å². The first-order valence-corrected chi connectivity index (χ1v) is 6.84. The van der Waals surface area contributed by atoms with Crippen LogP contribution in [0.5, 0.6) is 0 Å². The van der Waals surface area contributed by atoms with E-state index in [2.05, 4.69) is 5.32 Å². The van der Waals surface area contributed by atoms with Gasteiger partial charge in [-0.05, 0) is 25.2 Å². The summed E-state index contributed by atoms with van der Waals surface area (Å²) in [7, 11) is 0. The van der Waals surface area contributed by atoms with E-state index in [-0.39, 0.29) is 24.2 Å². The fraction of sp³-hybridized carbons (Fsp3) is 0.923. The Kier molecular flexibility index (Phi) is 10.2. The molecule has 0 aromatic heterocycles. The van der Waals surface area contributed by atoms with Crippen LogP contribution in [0.1, 0.15) is 33.1 Å². The Hall–Kier alpha value is -0.360. The van der Waals surface area contributed by atoms with Crippen molar-refractivity contribution >= 4 is 18.3 Å². The number of carbonyl (C=O) groups is 1. The van der Waals surface area contributed by atoms with Gasteiger partial charge in [-0.3, -0.25) is 4.79 Å². The van der Waals surface area contributed by atoms with Gasteiger partial charge in [0.2, 0.25) is 5.91 Å². The standard InChI is InChI=1S/C13H26N2O3.ClH/c1-10(2)12(14)13(16)15-6-3-7-18-11-4-8-17-9-5-11;/h10-12H,3-9,14H2,1-2H3,(H,15,16);1H/t12-;/m0./s1. The number of hydrogen-bond acceptors (Lipinski definition) is 4. The molecule has 3 N–H and O–H groups in total. The van der Waals surface area contributed by atoms with Gasteiger partial charge in [-0.15, -0.1) is 12.4 Å². The van der Waals surface area contributed by atoms with Crippen molar-refractivity contribution in [2.24, 2.45) is 11.7 Å². The number of rotatable bonds is 7. The van der Waals surface area contributed by atoms with Gasteiger partial charge in [0.05, 0.1) is 12.1 Å². The van der Waals surface area contributed by atoms with E-state index in [1.54, 1.807) is 0 Å². The average Bonchev–Trinajstić information content (AvgIpc) is 2.38. The van der Waals surface area contributed by atoms with E-state index in [9.17, 15) is 4.79 Å². The van der Waals surface area contributed by atoms with Crippen LogP contribution >= 0.6 is 12.4 Å². The Morgan fingerprint density at radius 2 is 2.05 bits per heavy atom. The van der Waals surface area contributed by atoms with Gasteiger partial charge in [-0.25, -0.2) is 0 Å². The normalized spacial score (nSPS) is 17.9. The molecule has 0 aliphatic carbocycles. The topological polar surface area (TPSA) is 73.6 Å². The first-order chi connectivity index (χ1) is 8.61. The third kappa shape index (κ3) is 7.72. The van der Waals surface area contributed by atoms with Crippen LogP contribution in [0.15, 0.2) is 0 Å². The molecular weight excluding hydrogens is 268 g/mol. The van der Waals surface area contributed by atoms with E-state index >= 15 is 0 Å². The van der Waals surface area contributed by atoms with E-state index < -0.39 is 6.04 Å². The predicted molar refractivity (Wildman–Crippen MR) is 77.5 cm³/mol. The number of halogens is 1. The molecule has 6 heteroatoms. The summed E-state index contributed by atoms with van der Waals surface area (Å²) < 4.78 is 11.0. The van der Waals surface area contributed by atoms with Crippen molar-refractivity contribution < 1.29 is 14.3 Å². The largest absolute Gasteiger partial charge is 0.381 e. The van der Waals surface area contributed by atoms with Crippen LogP contribution in [-0.4, -0.2) is 44.4 Å². The molecule has 1 amide bonds. The highest BCUT2D eigenvalue weighted by Crippen LogP contribution is 2.10. The SMILES string of the molecule is CC(C)[C@H](N)C(=O)NCCCOC1CCOCC1.Cl. The van der Waals surface area contributed by atoms with Gasteiger partial charge in [0, 0.05) is 26.4 Å². The first-order valence-electron chi connectivity index (χ1n) is 6.84. The van der Waals surface area contributed by atoms with E-state index in [4.69, 9.17) is 15.2 Å². The lowest BCUT2D eigenvalue weighted by molar-refractivity contribution is -0.123. The highest BCUT2D eigenvalue weighted by Gasteiger charge is 2.16.